The van der Waals surface area contributed by atoms with Crippen LogP contribution in [0.1, 0.15) is 64.2 Å². The second kappa shape index (κ2) is 14.1. The van der Waals surface area contributed by atoms with Crippen LogP contribution < -0.4 is 5.32 Å². The Balaban J connectivity index is 0.00000320. The highest BCUT2D eigenvalue weighted by molar-refractivity contribution is 14.0. The Labute approximate surface area is 201 Å². The molecule has 0 amide bonds. The van der Waals surface area contributed by atoms with Gasteiger partial charge in [-0.2, -0.15) is 0 Å². The number of likely N-dealkylation sites (N-methyl/N-ethyl adjacent to an activating group) is 1. The molecule has 0 aromatic carbocycles. The molecule has 2 heterocycles. The van der Waals surface area contributed by atoms with Gasteiger partial charge in [-0.1, -0.05) is 19.3 Å². The fourth-order valence-corrected chi connectivity index (χ4v) is 5.23. The van der Waals surface area contributed by atoms with E-state index in [0.29, 0.717) is 18.2 Å². The molecular weight excluding hydrogens is 491 g/mol. The molecule has 6 nitrogen and oxygen atoms in total. The highest BCUT2D eigenvalue weighted by Gasteiger charge is 2.27. The molecule has 0 aromatic heterocycles. The summed E-state index contributed by atoms with van der Waals surface area (Å²) in [5.74, 6) is 1.87. The lowest BCUT2D eigenvalue weighted by atomic mass is 9.83. The molecule has 30 heavy (non-hydrogen) atoms. The minimum atomic E-state index is 0. The van der Waals surface area contributed by atoms with Crippen molar-refractivity contribution >= 4 is 29.9 Å². The molecule has 3 fully saturated rings. The molecule has 1 saturated carbocycles. The van der Waals surface area contributed by atoms with Crippen molar-refractivity contribution in [2.75, 3.05) is 54.0 Å². The number of piperidine rings is 1. The number of ether oxygens (including phenoxy) is 2. The molecule has 2 atom stereocenters. The van der Waals surface area contributed by atoms with Crippen LogP contribution in [0.25, 0.3) is 0 Å². The number of hydrogen-bond acceptors (Lipinski definition) is 4. The molecule has 1 N–H and O–H groups in total. The Bertz CT molecular complexity index is 486. The van der Waals surface area contributed by atoms with Crippen molar-refractivity contribution in [3.63, 3.8) is 0 Å². The third-order valence-electron chi connectivity index (χ3n) is 7.07. The number of aliphatic imine (C=N–C) groups is 1. The maximum absolute atomic E-state index is 6.17. The van der Waals surface area contributed by atoms with Gasteiger partial charge in [0.05, 0.1) is 18.8 Å². The molecule has 2 unspecified atom stereocenters. The zero-order valence-electron chi connectivity index (χ0n) is 19.5. The van der Waals surface area contributed by atoms with Gasteiger partial charge in [-0.3, -0.25) is 4.99 Å². The largest absolute Gasteiger partial charge is 0.376 e. The maximum atomic E-state index is 6.17. The van der Waals surface area contributed by atoms with Crippen LogP contribution in [0.3, 0.4) is 0 Å². The predicted molar refractivity (Wildman–Crippen MR) is 135 cm³/mol. The Morgan fingerprint density at radius 1 is 1.07 bits per heavy atom. The van der Waals surface area contributed by atoms with Crippen molar-refractivity contribution in [3.05, 3.63) is 0 Å². The number of rotatable bonds is 7. The first-order chi connectivity index (χ1) is 14.2. The van der Waals surface area contributed by atoms with Crippen molar-refractivity contribution in [2.24, 2.45) is 10.9 Å². The maximum Gasteiger partial charge on any atom is 0.193 e. The van der Waals surface area contributed by atoms with Gasteiger partial charge in [0.15, 0.2) is 5.96 Å². The quantitative estimate of drug-likeness (QED) is 0.305. The second-order valence-corrected chi connectivity index (χ2v) is 9.37. The Kier molecular flexibility index (Phi) is 12.3. The number of hydrogen-bond donors (Lipinski definition) is 1. The summed E-state index contributed by atoms with van der Waals surface area (Å²) in [4.78, 5) is 9.40. The van der Waals surface area contributed by atoms with Gasteiger partial charge in [0, 0.05) is 39.3 Å². The van der Waals surface area contributed by atoms with E-state index in [1.807, 2.05) is 7.05 Å². The van der Waals surface area contributed by atoms with Gasteiger partial charge in [-0.05, 0) is 65.0 Å². The standard InChI is InChI=1S/C23H44N4O2.HI/c1-24-23(25-17-22(26(2)3)19-9-5-4-6-10-19)27-14-12-20(13-15-27)29-18-21-11-7-8-16-28-21;/h19-22H,4-18H2,1-3H3,(H,24,25);1H. The summed E-state index contributed by atoms with van der Waals surface area (Å²) >= 11 is 0. The van der Waals surface area contributed by atoms with E-state index in [9.17, 15) is 0 Å². The normalized spacial score (nSPS) is 25.8. The average Bonchev–Trinajstić information content (AvgIpc) is 2.77. The number of nitrogens with one attached hydrogen (secondary N) is 1. The molecule has 3 aliphatic rings. The third kappa shape index (κ3) is 8.10. The van der Waals surface area contributed by atoms with Crippen molar-refractivity contribution in [1.82, 2.24) is 15.1 Å². The summed E-state index contributed by atoms with van der Waals surface area (Å²) in [5, 5.41) is 3.69. The molecule has 3 rings (SSSR count). The number of likely N-dealkylation sites (tertiary alicyclic amines) is 1. The lowest BCUT2D eigenvalue weighted by Gasteiger charge is -2.38. The summed E-state index contributed by atoms with van der Waals surface area (Å²) in [7, 11) is 6.36. The van der Waals surface area contributed by atoms with E-state index in [1.165, 1.54) is 44.9 Å². The van der Waals surface area contributed by atoms with Crippen LogP contribution in [-0.4, -0.2) is 88.0 Å². The summed E-state index contributed by atoms with van der Waals surface area (Å²) in [6.45, 7) is 4.70. The molecule has 7 heteroatoms. The molecule has 1 aliphatic carbocycles. The van der Waals surface area contributed by atoms with Crippen molar-refractivity contribution < 1.29 is 9.47 Å². The Morgan fingerprint density at radius 2 is 1.77 bits per heavy atom. The first-order valence-corrected chi connectivity index (χ1v) is 12.0. The number of halogens is 1. The van der Waals surface area contributed by atoms with Gasteiger partial charge < -0.3 is 24.6 Å². The molecule has 0 bridgehead atoms. The monoisotopic (exact) mass is 536 g/mol. The van der Waals surface area contributed by atoms with E-state index in [1.54, 1.807) is 0 Å². The smallest absolute Gasteiger partial charge is 0.193 e. The second-order valence-electron chi connectivity index (χ2n) is 9.37. The minimum absolute atomic E-state index is 0. The molecule has 0 aromatic rings. The summed E-state index contributed by atoms with van der Waals surface area (Å²) in [5.41, 5.74) is 0. The van der Waals surface area contributed by atoms with Gasteiger partial charge in [-0.15, -0.1) is 24.0 Å². The van der Waals surface area contributed by atoms with Crippen LogP contribution >= 0.6 is 24.0 Å². The predicted octanol–water partition coefficient (Wildman–Crippen LogP) is 3.74. The molecule has 176 valence electrons. The molecule has 0 spiro atoms. The fourth-order valence-electron chi connectivity index (χ4n) is 5.23. The van der Waals surface area contributed by atoms with E-state index < -0.39 is 0 Å². The molecule has 0 radical (unpaired) electrons. The summed E-state index contributed by atoms with van der Waals surface area (Å²) in [6, 6.07) is 0.586. The van der Waals surface area contributed by atoms with Crippen molar-refractivity contribution in [2.45, 2.75) is 82.5 Å². The minimum Gasteiger partial charge on any atom is -0.376 e. The van der Waals surface area contributed by atoms with Crippen LogP contribution in [0.2, 0.25) is 0 Å². The topological polar surface area (TPSA) is 49.3 Å². The van der Waals surface area contributed by atoms with Crippen molar-refractivity contribution in [3.8, 4) is 0 Å². The van der Waals surface area contributed by atoms with Crippen LogP contribution in [0.5, 0.6) is 0 Å². The van der Waals surface area contributed by atoms with E-state index in [-0.39, 0.29) is 24.0 Å². The molecule has 2 aliphatic heterocycles. The Hall–Kier alpha value is -0.120. The number of guanidine groups is 1. The van der Waals surface area contributed by atoms with E-state index in [4.69, 9.17) is 9.47 Å². The summed E-state index contributed by atoms with van der Waals surface area (Å²) < 4.78 is 12.0. The van der Waals surface area contributed by atoms with Crippen LogP contribution in [0, 0.1) is 5.92 Å². The van der Waals surface area contributed by atoms with E-state index in [0.717, 1.165) is 64.0 Å². The van der Waals surface area contributed by atoms with Gasteiger partial charge in [0.2, 0.25) is 0 Å². The Morgan fingerprint density at radius 3 is 2.37 bits per heavy atom. The zero-order valence-corrected chi connectivity index (χ0v) is 21.8. The highest BCUT2D eigenvalue weighted by atomic mass is 127. The van der Waals surface area contributed by atoms with Gasteiger partial charge in [0.1, 0.15) is 0 Å². The van der Waals surface area contributed by atoms with Crippen molar-refractivity contribution in [1.29, 1.82) is 0 Å². The highest BCUT2D eigenvalue weighted by Crippen LogP contribution is 2.28. The SMILES string of the molecule is CN=C(NCC(C1CCCCC1)N(C)C)N1CCC(OCC2CCCCO2)CC1.I. The average molecular weight is 537 g/mol. The first kappa shape index (κ1) is 26.1. The van der Waals surface area contributed by atoms with Gasteiger partial charge in [0.25, 0.3) is 0 Å². The lowest BCUT2D eigenvalue weighted by Crippen LogP contribution is -2.51. The molecule has 2 saturated heterocycles. The van der Waals surface area contributed by atoms with Gasteiger partial charge in [-0.25, -0.2) is 0 Å². The fraction of sp³-hybridized carbons (Fsp3) is 0.957. The van der Waals surface area contributed by atoms with E-state index >= 15 is 0 Å². The zero-order chi connectivity index (χ0) is 20.5. The van der Waals surface area contributed by atoms with Gasteiger partial charge >= 0.3 is 0 Å². The van der Waals surface area contributed by atoms with Crippen LogP contribution in [0.4, 0.5) is 0 Å². The van der Waals surface area contributed by atoms with Crippen LogP contribution in [0.15, 0.2) is 4.99 Å². The van der Waals surface area contributed by atoms with E-state index in [2.05, 4.69) is 34.2 Å². The summed E-state index contributed by atoms with van der Waals surface area (Å²) in [6.07, 6.45) is 13.4. The van der Waals surface area contributed by atoms with Crippen LogP contribution in [-0.2, 0) is 9.47 Å². The lowest BCUT2D eigenvalue weighted by molar-refractivity contribution is -0.0721. The third-order valence-corrected chi connectivity index (χ3v) is 7.07. The first-order valence-electron chi connectivity index (χ1n) is 12.0. The number of nitrogens with zero attached hydrogens (tertiary/aromatic N) is 3. The molecular formula is C23H45IN4O2.